The van der Waals surface area contributed by atoms with Gasteiger partial charge in [0.15, 0.2) is 5.72 Å². The summed E-state index contributed by atoms with van der Waals surface area (Å²) in [5, 5.41) is 15.3. The first-order chi connectivity index (χ1) is 9.12. The molecular weight excluding hydrogens is 274 g/mol. The lowest BCUT2D eigenvalue weighted by molar-refractivity contribution is -0.0240. The summed E-state index contributed by atoms with van der Waals surface area (Å²) in [5.74, 6) is 0.446. The molecule has 5 heteroatoms. The Morgan fingerprint density at radius 1 is 1.45 bits per heavy atom. The molecule has 114 valence electrons. The fourth-order valence-electron chi connectivity index (χ4n) is 1.73. The van der Waals surface area contributed by atoms with Crippen molar-refractivity contribution in [3.63, 3.8) is 0 Å². The third kappa shape index (κ3) is 5.51. The summed E-state index contributed by atoms with van der Waals surface area (Å²) < 4.78 is 5.23. The van der Waals surface area contributed by atoms with E-state index in [0.29, 0.717) is 12.3 Å². The smallest absolute Gasteiger partial charge is 0.410 e. The number of hydrogen-bond acceptors (Lipinski definition) is 4. The highest BCUT2D eigenvalue weighted by Crippen LogP contribution is 2.29. The second kappa shape index (κ2) is 6.59. The van der Waals surface area contributed by atoms with E-state index in [2.05, 4.69) is 19.2 Å². The summed E-state index contributed by atoms with van der Waals surface area (Å²) >= 11 is 1.42. The molecule has 0 unspecified atom stereocenters. The van der Waals surface area contributed by atoms with Gasteiger partial charge in [-0.1, -0.05) is 19.9 Å². The van der Waals surface area contributed by atoms with Crippen molar-refractivity contribution in [2.45, 2.75) is 58.8 Å². The third-order valence-electron chi connectivity index (χ3n) is 2.72. The SMILES string of the molecule is CC(C)CC[C@](O)(NC(=O)OC(C)(C)C)c1cccs1. The van der Waals surface area contributed by atoms with Crippen LogP contribution < -0.4 is 5.32 Å². The molecule has 0 fully saturated rings. The Bertz CT molecular complexity index is 423. The van der Waals surface area contributed by atoms with Crippen LogP contribution in [-0.2, 0) is 10.5 Å². The Kier molecular flexibility index (Phi) is 5.59. The van der Waals surface area contributed by atoms with Gasteiger partial charge >= 0.3 is 6.09 Å². The molecule has 0 saturated heterocycles. The Labute approximate surface area is 125 Å². The molecule has 0 saturated carbocycles. The highest BCUT2D eigenvalue weighted by Gasteiger charge is 2.33. The summed E-state index contributed by atoms with van der Waals surface area (Å²) in [6.07, 6.45) is 0.673. The molecule has 1 amide bonds. The molecule has 0 aromatic carbocycles. The highest BCUT2D eigenvalue weighted by molar-refractivity contribution is 7.10. The second-order valence-corrected chi connectivity index (χ2v) is 7.34. The van der Waals surface area contributed by atoms with E-state index in [9.17, 15) is 9.90 Å². The van der Waals surface area contributed by atoms with Crippen LogP contribution in [-0.4, -0.2) is 16.8 Å². The van der Waals surface area contributed by atoms with Crippen molar-refractivity contribution < 1.29 is 14.6 Å². The summed E-state index contributed by atoms with van der Waals surface area (Å²) in [4.78, 5) is 12.7. The van der Waals surface area contributed by atoms with Crippen molar-refractivity contribution in [3.05, 3.63) is 22.4 Å². The van der Waals surface area contributed by atoms with Crippen molar-refractivity contribution in [2.24, 2.45) is 5.92 Å². The molecule has 0 aliphatic heterocycles. The van der Waals surface area contributed by atoms with Crippen molar-refractivity contribution in [1.29, 1.82) is 0 Å². The van der Waals surface area contributed by atoms with Crippen LogP contribution in [0.25, 0.3) is 0 Å². The first-order valence-electron chi connectivity index (χ1n) is 6.90. The quantitative estimate of drug-likeness (QED) is 0.812. The zero-order valence-corrected chi connectivity index (χ0v) is 13.7. The van der Waals surface area contributed by atoms with Gasteiger partial charge in [-0.3, -0.25) is 5.32 Å². The van der Waals surface area contributed by atoms with Crippen LogP contribution in [0.3, 0.4) is 0 Å². The maximum absolute atomic E-state index is 11.9. The molecule has 2 N–H and O–H groups in total. The molecular formula is C15H25NO3S. The fraction of sp³-hybridized carbons (Fsp3) is 0.667. The average Bonchev–Trinajstić information content (AvgIpc) is 2.77. The summed E-state index contributed by atoms with van der Waals surface area (Å²) in [6.45, 7) is 9.56. The normalized spacial score (nSPS) is 14.9. The Hall–Kier alpha value is -1.07. The average molecular weight is 299 g/mol. The zero-order valence-electron chi connectivity index (χ0n) is 12.9. The number of rotatable bonds is 5. The third-order valence-corrected chi connectivity index (χ3v) is 3.74. The minimum Gasteiger partial charge on any atom is -0.444 e. The van der Waals surface area contributed by atoms with Crippen LogP contribution in [0.15, 0.2) is 17.5 Å². The van der Waals surface area contributed by atoms with Gasteiger partial charge in [0.1, 0.15) is 5.60 Å². The van der Waals surface area contributed by atoms with Crippen molar-refractivity contribution in [3.8, 4) is 0 Å². The van der Waals surface area contributed by atoms with Gasteiger partial charge in [0, 0.05) is 6.42 Å². The van der Waals surface area contributed by atoms with E-state index in [-0.39, 0.29) is 0 Å². The molecule has 4 nitrogen and oxygen atoms in total. The lowest BCUT2D eigenvalue weighted by atomic mass is 9.99. The number of hydrogen-bond donors (Lipinski definition) is 2. The zero-order chi connectivity index (χ0) is 15.4. The van der Waals surface area contributed by atoms with Crippen LogP contribution in [0.1, 0.15) is 52.3 Å². The highest BCUT2D eigenvalue weighted by atomic mass is 32.1. The number of alkyl carbamates (subject to hydrolysis) is 1. The topological polar surface area (TPSA) is 58.6 Å². The van der Waals surface area contributed by atoms with Crippen LogP contribution >= 0.6 is 11.3 Å². The minimum absolute atomic E-state index is 0.446. The molecule has 0 bridgehead atoms. The molecule has 0 radical (unpaired) electrons. The molecule has 1 aromatic rings. The van der Waals surface area contributed by atoms with Gasteiger partial charge < -0.3 is 9.84 Å². The first kappa shape index (κ1) is 17.0. The summed E-state index contributed by atoms with van der Waals surface area (Å²) in [5.41, 5.74) is -1.95. The summed E-state index contributed by atoms with van der Waals surface area (Å²) in [6, 6.07) is 3.68. The number of thiophene rings is 1. The number of carbonyl (C=O) groups is 1. The largest absolute Gasteiger partial charge is 0.444 e. The van der Waals surface area contributed by atoms with Gasteiger partial charge in [-0.15, -0.1) is 11.3 Å². The van der Waals surface area contributed by atoms with E-state index in [1.54, 1.807) is 20.8 Å². The predicted molar refractivity (Wildman–Crippen MR) is 81.7 cm³/mol. The van der Waals surface area contributed by atoms with E-state index in [0.717, 1.165) is 11.3 Å². The second-order valence-electron chi connectivity index (χ2n) is 6.40. The molecule has 0 aliphatic rings. The Morgan fingerprint density at radius 2 is 2.10 bits per heavy atom. The van der Waals surface area contributed by atoms with E-state index in [4.69, 9.17) is 4.74 Å². The maximum Gasteiger partial charge on any atom is 0.410 e. The predicted octanol–water partition coefficient (Wildman–Crippen LogP) is 3.85. The molecule has 1 aromatic heterocycles. The fourth-order valence-corrected chi connectivity index (χ4v) is 2.54. The number of aliphatic hydroxyl groups is 1. The van der Waals surface area contributed by atoms with E-state index < -0.39 is 17.4 Å². The van der Waals surface area contributed by atoms with Gasteiger partial charge in [0.05, 0.1) is 4.88 Å². The van der Waals surface area contributed by atoms with E-state index in [1.165, 1.54) is 11.3 Å². The monoisotopic (exact) mass is 299 g/mol. The van der Waals surface area contributed by atoms with Gasteiger partial charge in [-0.25, -0.2) is 4.79 Å². The molecule has 20 heavy (non-hydrogen) atoms. The van der Waals surface area contributed by atoms with Gasteiger partial charge in [-0.2, -0.15) is 0 Å². The lowest BCUT2D eigenvalue weighted by Crippen LogP contribution is -2.47. The molecule has 1 heterocycles. The molecule has 1 rings (SSSR count). The lowest BCUT2D eigenvalue weighted by Gasteiger charge is -2.30. The van der Waals surface area contributed by atoms with Crippen LogP contribution in [0.5, 0.6) is 0 Å². The van der Waals surface area contributed by atoms with Crippen molar-refractivity contribution >= 4 is 17.4 Å². The number of amides is 1. The number of carbonyl (C=O) groups excluding carboxylic acids is 1. The minimum atomic E-state index is -1.36. The Balaban J connectivity index is 2.81. The first-order valence-corrected chi connectivity index (χ1v) is 7.78. The van der Waals surface area contributed by atoms with E-state index >= 15 is 0 Å². The van der Waals surface area contributed by atoms with Crippen LogP contribution in [0.4, 0.5) is 4.79 Å². The molecule has 0 aliphatic carbocycles. The standard InChI is InChI=1S/C15H25NO3S/c1-11(2)8-9-15(18,12-7-6-10-20-12)16-13(17)19-14(3,4)5/h6-7,10-11,18H,8-9H2,1-5H3,(H,16,17)/t15-/m1/s1. The van der Waals surface area contributed by atoms with Crippen LogP contribution in [0, 0.1) is 5.92 Å². The molecule has 0 spiro atoms. The summed E-state index contributed by atoms with van der Waals surface area (Å²) in [7, 11) is 0. The van der Waals surface area contributed by atoms with Gasteiger partial charge in [0.25, 0.3) is 0 Å². The van der Waals surface area contributed by atoms with E-state index in [1.807, 2.05) is 17.5 Å². The molecule has 1 atom stereocenters. The van der Waals surface area contributed by atoms with Crippen molar-refractivity contribution in [2.75, 3.05) is 0 Å². The van der Waals surface area contributed by atoms with Gasteiger partial charge in [-0.05, 0) is 44.6 Å². The van der Waals surface area contributed by atoms with Gasteiger partial charge in [0.2, 0.25) is 0 Å². The van der Waals surface area contributed by atoms with Crippen molar-refractivity contribution in [1.82, 2.24) is 5.32 Å². The number of ether oxygens (including phenoxy) is 1. The maximum atomic E-state index is 11.9. The number of nitrogens with one attached hydrogen (secondary N) is 1. The van der Waals surface area contributed by atoms with Crippen LogP contribution in [0.2, 0.25) is 0 Å². The Morgan fingerprint density at radius 3 is 2.55 bits per heavy atom.